The van der Waals surface area contributed by atoms with Crippen molar-refractivity contribution in [1.82, 2.24) is 15.1 Å². The van der Waals surface area contributed by atoms with Crippen molar-refractivity contribution in [2.45, 2.75) is 45.6 Å². The van der Waals surface area contributed by atoms with E-state index in [0.717, 1.165) is 32.3 Å². The second kappa shape index (κ2) is 8.47. The lowest BCUT2D eigenvalue weighted by Crippen LogP contribution is -2.51. The van der Waals surface area contributed by atoms with Gasteiger partial charge in [-0.15, -0.1) is 0 Å². The minimum atomic E-state index is 0.422. The molecule has 0 saturated carbocycles. The van der Waals surface area contributed by atoms with Crippen LogP contribution in [0.2, 0.25) is 0 Å². The van der Waals surface area contributed by atoms with E-state index in [1.165, 1.54) is 51.9 Å². The predicted molar refractivity (Wildman–Crippen MR) is 88.8 cm³/mol. The van der Waals surface area contributed by atoms with E-state index < -0.39 is 0 Å². The van der Waals surface area contributed by atoms with Crippen LogP contribution in [0.4, 0.5) is 0 Å². The summed E-state index contributed by atoms with van der Waals surface area (Å²) in [6.45, 7) is 13.5. The summed E-state index contributed by atoms with van der Waals surface area (Å²) >= 11 is 0. The van der Waals surface area contributed by atoms with Gasteiger partial charge in [0, 0.05) is 32.3 Å². The van der Waals surface area contributed by atoms with Gasteiger partial charge in [-0.1, -0.05) is 13.8 Å². The summed E-state index contributed by atoms with van der Waals surface area (Å²) in [6.07, 6.45) is 5.08. The third-order valence-electron chi connectivity index (χ3n) is 5.52. The largest absolute Gasteiger partial charge is 0.381 e. The van der Waals surface area contributed by atoms with Gasteiger partial charge >= 0.3 is 0 Å². The maximum atomic E-state index is 5.61. The highest BCUT2D eigenvalue weighted by atomic mass is 16.5. The molecule has 4 nitrogen and oxygen atoms in total. The number of likely N-dealkylation sites (tertiary alicyclic amines) is 1. The van der Waals surface area contributed by atoms with Crippen LogP contribution in [0, 0.1) is 5.41 Å². The average Bonchev–Trinajstić information content (AvgIpc) is 2.54. The third kappa shape index (κ3) is 4.92. The van der Waals surface area contributed by atoms with Crippen molar-refractivity contribution >= 4 is 0 Å². The first kappa shape index (κ1) is 17.2. The van der Waals surface area contributed by atoms with Gasteiger partial charge in [0.05, 0.1) is 0 Å². The van der Waals surface area contributed by atoms with E-state index in [1.54, 1.807) is 0 Å². The second-order valence-electron chi connectivity index (χ2n) is 6.97. The van der Waals surface area contributed by atoms with E-state index in [9.17, 15) is 0 Å². The van der Waals surface area contributed by atoms with Gasteiger partial charge in [0.2, 0.25) is 0 Å². The Labute approximate surface area is 131 Å². The summed E-state index contributed by atoms with van der Waals surface area (Å²) in [5.41, 5.74) is 0.422. The molecular formula is C17H35N3O. The Morgan fingerprint density at radius 3 is 2.43 bits per heavy atom. The first-order valence-electron chi connectivity index (χ1n) is 8.90. The van der Waals surface area contributed by atoms with Crippen LogP contribution >= 0.6 is 0 Å². The lowest BCUT2D eigenvalue weighted by Gasteiger charge is -2.44. The van der Waals surface area contributed by atoms with Crippen LogP contribution in [0.5, 0.6) is 0 Å². The SMILES string of the molecule is CCNCC1(CN(C)C2CCN(CC)CC2)CCOCC1. The van der Waals surface area contributed by atoms with Crippen LogP contribution in [0.25, 0.3) is 0 Å². The summed E-state index contributed by atoms with van der Waals surface area (Å²) in [4.78, 5) is 5.23. The molecule has 0 amide bonds. The van der Waals surface area contributed by atoms with E-state index in [1.807, 2.05) is 0 Å². The van der Waals surface area contributed by atoms with Crippen molar-refractivity contribution in [3.8, 4) is 0 Å². The van der Waals surface area contributed by atoms with Gasteiger partial charge in [-0.2, -0.15) is 0 Å². The number of hydrogen-bond acceptors (Lipinski definition) is 4. The fraction of sp³-hybridized carbons (Fsp3) is 1.00. The Morgan fingerprint density at radius 2 is 1.86 bits per heavy atom. The molecule has 0 aromatic heterocycles. The number of piperidine rings is 1. The first-order chi connectivity index (χ1) is 10.2. The summed E-state index contributed by atoms with van der Waals surface area (Å²) < 4.78 is 5.61. The van der Waals surface area contributed by atoms with Gasteiger partial charge in [-0.25, -0.2) is 0 Å². The van der Waals surface area contributed by atoms with Crippen LogP contribution < -0.4 is 5.32 Å². The molecule has 0 aromatic rings. The van der Waals surface area contributed by atoms with E-state index in [4.69, 9.17) is 4.74 Å². The molecule has 0 spiro atoms. The molecule has 21 heavy (non-hydrogen) atoms. The van der Waals surface area contributed by atoms with Crippen molar-refractivity contribution in [1.29, 1.82) is 0 Å². The minimum absolute atomic E-state index is 0.422. The number of ether oxygens (including phenoxy) is 1. The van der Waals surface area contributed by atoms with Gasteiger partial charge in [0.25, 0.3) is 0 Å². The highest BCUT2D eigenvalue weighted by Gasteiger charge is 2.35. The Morgan fingerprint density at radius 1 is 1.19 bits per heavy atom. The zero-order chi connectivity index (χ0) is 15.1. The fourth-order valence-corrected chi connectivity index (χ4v) is 3.92. The van der Waals surface area contributed by atoms with Crippen molar-refractivity contribution in [2.75, 3.05) is 59.5 Å². The number of rotatable bonds is 7. The van der Waals surface area contributed by atoms with Gasteiger partial charge in [-0.05, 0) is 64.3 Å². The van der Waals surface area contributed by atoms with Gasteiger partial charge < -0.3 is 19.9 Å². The van der Waals surface area contributed by atoms with Gasteiger partial charge in [-0.3, -0.25) is 0 Å². The minimum Gasteiger partial charge on any atom is -0.381 e. The molecule has 2 fully saturated rings. The third-order valence-corrected chi connectivity index (χ3v) is 5.52. The molecule has 0 bridgehead atoms. The Balaban J connectivity index is 1.87. The Kier molecular flexibility index (Phi) is 6.93. The zero-order valence-electron chi connectivity index (χ0n) is 14.4. The van der Waals surface area contributed by atoms with E-state index in [0.29, 0.717) is 5.41 Å². The second-order valence-corrected chi connectivity index (χ2v) is 6.97. The van der Waals surface area contributed by atoms with Gasteiger partial charge in [0.15, 0.2) is 0 Å². The van der Waals surface area contributed by atoms with Crippen molar-refractivity contribution < 1.29 is 4.74 Å². The van der Waals surface area contributed by atoms with Crippen LogP contribution in [0.15, 0.2) is 0 Å². The van der Waals surface area contributed by atoms with E-state index >= 15 is 0 Å². The number of nitrogens with zero attached hydrogens (tertiary/aromatic N) is 2. The van der Waals surface area contributed by atoms with E-state index in [2.05, 4.69) is 36.0 Å². The molecule has 0 aliphatic carbocycles. The quantitative estimate of drug-likeness (QED) is 0.776. The molecule has 0 aromatic carbocycles. The maximum absolute atomic E-state index is 5.61. The van der Waals surface area contributed by atoms with Crippen molar-refractivity contribution in [3.05, 3.63) is 0 Å². The highest BCUT2D eigenvalue weighted by Crippen LogP contribution is 2.32. The molecule has 4 heteroatoms. The summed E-state index contributed by atoms with van der Waals surface area (Å²) in [5.74, 6) is 0. The molecule has 2 aliphatic rings. The standard InChI is InChI=1S/C17H35N3O/c1-4-18-14-17(8-12-21-13-9-17)15-19(3)16-6-10-20(5-2)11-7-16/h16,18H,4-15H2,1-3H3. The zero-order valence-corrected chi connectivity index (χ0v) is 14.4. The normalized spacial score (nSPS) is 24.6. The van der Waals surface area contributed by atoms with E-state index in [-0.39, 0.29) is 0 Å². The van der Waals surface area contributed by atoms with Crippen molar-refractivity contribution in [3.63, 3.8) is 0 Å². The van der Waals surface area contributed by atoms with Crippen LogP contribution in [0.3, 0.4) is 0 Å². The average molecular weight is 297 g/mol. The first-order valence-corrected chi connectivity index (χ1v) is 8.90. The molecule has 1 N–H and O–H groups in total. The summed E-state index contributed by atoms with van der Waals surface area (Å²) in [7, 11) is 2.34. The molecule has 124 valence electrons. The lowest BCUT2D eigenvalue weighted by atomic mass is 9.79. The van der Waals surface area contributed by atoms with Crippen LogP contribution in [-0.4, -0.2) is 75.4 Å². The van der Waals surface area contributed by atoms with Crippen molar-refractivity contribution in [2.24, 2.45) is 5.41 Å². The van der Waals surface area contributed by atoms with Gasteiger partial charge in [0.1, 0.15) is 0 Å². The molecule has 2 heterocycles. The molecule has 0 atom stereocenters. The predicted octanol–water partition coefficient (Wildman–Crippen LogP) is 1.81. The fourth-order valence-electron chi connectivity index (χ4n) is 3.92. The Bertz CT molecular complexity index is 284. The number of nitrogens with one attached hydrogen (secondary N) is 1. The Hall–Kier alpha value is -0.160. The smallest absolute Gasteiger partial charge is 0.0472 e. The lowest BCUT2D eigenvalue weighted by molar-refractivity contribution is -0.0114. The highest BCUT2D eigenvalue weighted by molar-refractivity contribution is 4.89. The molecule has 0 radical (unpaired) electrons. The summed E-state index contributed by atoms with van der Waals surface area (Å²) in [6, 6.07) is 0.772. The topological polar surface area (TPSA) is 27.7 Å². The van der Waals surface area contributed by atoms with Crippen LogP contribution in [0.1, 0.15) is 39.5 Å². The molecule has 0 unspecified atom stereocenters. The van der Waals surface area contributed by atoms with Crippen LogP contribution in [-0.2, 0) is 4.74 Å². The molecular weight excluding hydrogens is 262 g/mol. The molecule has 2 rings (SSSR count). The maximum Gasteiger partial charge on any atom is 0.0472 e. The summed E-state index contributed by atoms with van der Waals surface area (Å²) in [5, 5.41) is 3.59. The monoisotopic (exact) mass is 297 g/mol. The molecule has 2 saturated heterocycles. The number of hydrogen-bond donors (Lipinski definition) is 1. The molecule has 2 aliphatic heterocycles.